The normalized spacial score (nSPS) is 8.75. The Balaban J connectivity index is 0.00000121. The molecular formula is C8H8NNaOS. The number of aromatic nitrogens is 1. The number of Topliss-reactive ketones (excluding diaryl/α,β-unsaturated/α-hetero) is 1. The molecule has 12 heavy (non-hydrogen) atoms. The van der Waals surface area contributed by atoms with Gasteiger partial charge in [0, 0.05) is 18.2 Å². The van der Waals surface area contributed by atoms with Crippen LogP contribution in [0.25, 0.3) is 0 Å². The van der Waals surface area contributed by atoms with Gasteiger partial charge in [-0.05, 0) is 12.1 Å². The average Bonchev–Trinajstić information content (AvgIpc) is 2.04. The Morgan fingerprint density at radius 3 is 2.83 bits per heavy atom. The third-order valence-corrected chi connectivity index (χ3v) is 1.72. The molecule has 0 fully saturated rings. The Hall–Kier alpha value is 0.0400. The summed E-state index contributed by atoms with van der Waals surface area (Å²) in [6, 6.07) is 3.43. The van der Waals surface area contributed by atoms with E-state index >= 15 is 0 Å². The summed E-state index contributed by atoms with van der Waals surface area (Å²) in [6.07, 6.45) is 2.07. The van der Waals surface area contributed by atoms with Gasteiger partial charge in [0.1, 0.15) is 0 Å². The van der Waals surface area contributed by atoms with E-state index in [0.29, 0.717) is 17.0 Å². The van der Waals surface area contributed by atoms with Crippen LogP contribution in [0.3, 0.4) is 0 Å². The van der Waals surface area contributed by atoms with Crippen LogP contribution in [0.4, 0.5) is 0 Å². The van der Waals surface area contributed by atoms with Crippen molar-refractivity contribution in [3.05, 3.63) is 23.9 Å². The zero-order valence-electron chi connectivity index (χ0n) is 7.20. The van der Waals surface area contributed by atoms with E-state index in [1.807, 2.05) is 6.92 Å². The van der Waals surface area contributed by atoms with Crippen LogP contribution < -0.4 is 29.6 Å². The Morgan fingerprint density at radius 2 is 2.33 bits per heavy atom. The topological polar surface area (TPSA) is 30.0 Å². The van der Waals surface area contributed by atoms with Crippen molar-refractivity contribution in [2.75, 3.05) is 0 Å². The minimum atomic E-state index is 0. The van der Waals surface area contributed by atoms with Gasteiger partial charge in [-0.3, -0.25) is 9.78 Å². The summed E-state index contributed by atoms with van der Waals surface area (Å²) >= 11 is 4.86. The Kier molecular flexibility index (Phi) is 5.66. The monoisotopic (exact) mass is 189 g/mol. The van der Waals surface area contributed by atoms with Gasteiger partial charge >= 0.3 is 29.6 Å². The van der Waals surface area contributed by atoms with Crippen LogP contribution in [0.1, 0.15) is 23.7 Å². The van der Waals surface area contributed by atoms with Crippen molar-refractivity contribution < 1.29 is 34.4 Å². The van der Waals surface area contributed by atoms with E-state index in [1.54, 1.807) is 18.3 Å². The van der Waals surface area contributed by atoms with E-state index in [1.165, 1.54) is 0 Å². The molecule has 0 aliphatic rings. The fourth-order valence-corrected chi connectivity index (χ4v) is 1.04. The molecule has 2 nitrogen and oxygen atoms in total. The van der Waals surface area contributed by atoms with E-state index in [9.17, 15) is 4.79 Å². The van der Waals surface area contributed by atoms with Crippen molar-refractivity contribution >= 4 is 18.4 Å². The van der Waals surface area contributed by atoms with Gasteiger partial charge in [0.15, 0.2) is 5.78 Å². The maximum absolute atomic E-state index is 11.1. The predicted molar refractivity (Wildman–Crippen MR) is 44.5 cm³/mol. The second-order valence-electron chi connectivity index (χ2n) is 2.13. The van der Waals surface area contributed by atoms with E-state index in [2.05, 4.69) is 4.98 Å². The number of hydrogen-bond donors (Lipinski definition) is 0. The molecule has 1 aromatic heterocycles. The number of pyridine rings is 1. The average molecular weight is 189 g/mol. The maximum atomic E-state index is 11.1. The minimum absolute atomic E-state index is 0. The van der Waals surface area contributed by atoms with Gasteiger partial charge in [0.05, 0.1) is 0 Å². The van der Waals surface area contributed by atoms with Gasteiger partial charge in [-0.25, -0.2) is 0 Å². The summed E-state index contributed by atoms with van der Waals surface area (Å²) < 4.78 is 0. The first kappa shape index (κ1) is 12.0. The van der Waals surface area contributed by atoms with Crippen molar-refractivity contribution in [1.82, 2.24) is 4.98 Å². The first-order chi connectivity index (χ1) is 5.25. The number of rotatable bonds is 2. The number of ketones is 1. The molecule has 1 aromatic rings. The maximum Gasteiger partial charge on any atom is 1.00 e. The summed E-state index contributed by atoms with van der Waals surface area (Å²) in [4.78, 5) is 15.0. The fourth-order valence-electron chi connectivity index (χ4n) is 0.793. The van der Waals surface area contributed by atoms with Crippen LogP contribution in [0.5, 0.6) is 0 Å². The summed E-state index contributed by atoms with van der Waals surface area (Å²) in [6.45, 7) is 1.81. The quantitative estimate of drug-likeness (QED) is 0.325. The van der Waals surface area contributed by atoms with Crippen molar-refractivity contribution in [1.29, 1.82) is 0 Å². The molecule has 1 heterocycles. The van der Waals surface area contributed by atoms with Crippen molar-refractivity contribution in [2.24, 2.45) is 0 Å². The van der Waals surface area contributed by atoms with E-state index in [4.69, 9.17) is 12.6 Å². The molecule has 58 valence electrons. The molecular weight excluding hydrogens is 181 g/mol. The zero-order valence-corrected chi connectivity index (χ0v) is 10.0. The van der Waals surface area contributed by atoms with E-state index in [-0.39, 0.29) is 35.3 Å². The SMILES string of the molecule is CCC(=O)c1cccnc1[S-].[Na+]. The molecule has 0 aliphatic carbocycles. The molecule has 0 atom stereocenters. The second kappa shape index (κ2) is 5.65. The van der Waals surface area contributed by atoms with Gasteiger partial charge < -0.3 is 12.6 Å². The van der Waals surface area contributed by atoms with Gasteiger partial charge in [0.2, 0.25) is 0 Å². The fraction of sp³-hybridized carbons (Fsp3) is 0.250. The molecule has 0 spiro atoms. The molecule has 0 radical (unpaired) electrons. The Labute approximate surface area is 99.5 Å². The zero-order chi connectivity index (χ0) is 8.27. The smallest absolute Gasteiger partial charge is 0.759 e. The van der Waals surface area contributed by atoms with Gasteiger partial charge in [-0.1, -0.05) is 11.9 Å². The second-order valence-corrected chi connectivity index (χ2v) is 2.52. The van der Waals surface area contributed by atoms with E-state index in [0.717, 1.165) is 0 Å². The molecule has 0 saturated heterocycles. The van der Waals surface area contributed by atoms with Crippen molar-refractivity contribution in [3.63, 3.8) is 0 Å². The molecule has 4 heteroatoms. The molecule has 0 N–H and O–H groups in total. The molecule has 0 unspecified atom stereocenters. The molecule has 1 rings (SSSR count). The van der Waals surface area contributed by atoms with E-state index < -0.39 is 0 Å². The van der Waals surface area contributed by atoms with Crippen molar-refractivity contribution in [3.8, 4) is 0 Å². The van der Waals surface area contributed by atoms with Crippen LogP contribution >= 0.6 is 0 Å². The van der Waals surface area contributed by atoms with Gasteiger partial charge in [0.25, 0.3) is 0 Å². The predicted octanol–water partition coefficient (Wildman–Crippen LogP) is -1.42. The van der Waals surface area contributed by atoms with Crippen LogP contribution in [0.2, 0.25) is 0 Å². The molecule has 0 amide bonds. The van der Waals surface area contributed by atoms with Gasteiger partial charge in [-0.15, -0.1) is 0 Å². The third kappa shape index (κ3) is 2.83. The largest absolute Gasteiger partial charge is 1.00 e. The third-order valence-electron chi connectivity index (χ3n) is 1.39. The first-order valence-corrected chi connectivity index (χ1v) is 3.81. The van der Waals surface area contributed by atoms with Crippen LogP contribution in [-0.2, 0) is 12.6 Å². The molecule has 0 bridgehead atoms. The summed E-state index contributed by atoms with van der Waals surface area (Å²) in [7, 11) is 0. The number of carbonyl (C=O) groups excluding carboxylic acids is 1. The van der Waals surface area contributed by atoms with Crippen LogP contribution in [-0.4, -0.2) is 10.8 Å². The Morgan fingerprint density at radius 1 is 1.67 bits per heavy atom. The number of hydrogen-bond acceptors (Lipinski definition) is 3. The van der Waals surface area contributed by atoms with Crippen LogP contribution in [0.15, 0.2) is 23.4 Å². The number of carbonyl (C=O) groups is 1. The summed E-state index contributed by atoms with van der Waals surface area (Å²) in [5, 5.41) is 0.402. The summed E-state index contributed by atoms with van der Waals surface area (Å²) in [5.41, 5.74) is 0.560. The van der Waals surface area contributed by atoms with Gasteiger partial charge in [-0.2, -0.15) is 0 Å². The van der Waals surface area contributed by atoms with Crippen molar-refractivity contribution in [2.45, 2.75) is 18.4 Å². The summed E-state index contributed by atoms with van der Waals surface area (Å²) in [5.74, 6) is 0.0584. The molecule has 0 saturated carbocycles. The minimum Gasteiger partial charge on any atom is -0.759 e. The standard InChI is InChI=1S/C8H9NOS.Na/c1-2-7(10)6-4-3-5-9-8(6)11;/h3-5H,2H2,1H3,(H,9,11);/q;+1/p-1. The van der Waals surface area contributed by atoms with Crippen LogP contribution in [0, 0.1) is 0 Å². The Bertz CT molecular complexity index is 278. The molecule has 0 aliphatic heterocycles. The molecule has 0 aromatic carbocycles. The first-order valence-electron chi connectivity index (χ1n) is 3.41. The number of nitrogens with zero attached hydrogens (tertiary/aromatic N) is 1.